The molecule has 0 saturated heterocycles. The first-order valence-electron chi connectivity index (χ1n) is 9.82. The predicted molar refractivity (Wildman–Crippen MR) is 106 cm³/mol. The number of nitrogens with zero attached hydrogens (tertiary/aromatic N) is 2. The Balaban J connectivity index is 1.37. The highest BCUT2D eigenvalue weighted by Crippen LogP contribution is 2.39. The summed E-state index contributed by atoms with van der Waals surface area (Å²) >= 11 is 0. The van der Waals surface area contributed by atoms with Crippen molar-refractivity contribution in [3.05, 3.63) is 34.5 Å². The number of carbonyl (C=O) groups excluding carboxylic acids is 1. The van der Waals surface area contributed by atoms with E-state index in [-0.39, 0.29) is 16.8 Å². The Kier molecular flexibility index (Phi) is 4.28. The monoisotopic (exact) mass is 417 g/mol. The molecule has 1 aromatic carbocycles. The molecular formula is C19H23N5O4S. The normalized spacial score (nSPS) is 19.4. The summed E-state index contributed by atoms with van der Waals surface area (Å²) in [5.74, 6) is 0.154. The number of urea groups is 1. The van der Waals surface area contributed by atoms with Crippen molar-refractivity contribution in [1.29, 1.82) is 0 Å². The Morgan fingerprint density at radius 3 is 2.76 bits per heavy atom. The fourth-order valence-electron chi connectivity index (χ4n) is 4.34. The van der Waals surface area contributed by atoms with Crippen LogP contribution in [0.2, 0.25) is 0 Å². The highest BCUT2D eigenvalue weighted by Gasteiger charge is 2.32. The van der Waals surface area contributed by atoms with Gasteiger partial charge in [0.15, 0.2) is 4.90 Å². The van der Waals surface area contributed by atoms with Crippen LogP contribution in [0.25, 0.3) is 0 Å². The van der Waals surface area contributed by atoms with Gasteiger partial charge >= 0.3 is 6.03 Å². The quantitative estimate of drug-likeness (QED) is 0.683. The van der Waals surface area contributed by atoms with E-state index in [2.05, 4.69) is 26.5 Å². The summed E-state index contributed by atoms with van der Waals surface area (Å²) in [5, 5.41) is 9.98. The van der Waals surface area contributed by atoms with Crippen LogP contribution in [0.4, 0.5) is 10.5 Å². The van der Waals surface area contributed by atoms with Gasteiger partial charge in [0.25, 0.3) is 10.0 Å². The van der Waals surface area contributed by atoms with Crippen LogP contribution in [0.5, 0.6) is 5.88 Å². The minimum Gasteiger partial charge on any atom is -0.475 e. The molecule has 3 aliphatic rings. The molecule has 5 rings (SSSR count). The molecule has 0 bridgehead atoms. The highest BCUT2D eigenvalue weighted by molar-refractivity contribution is 7.90. The largest absolute Gasteiger partial charge is 0.475 e. The number of hydrogen-bond donors (Lipinski definition) is 3. The first-order valence-corrected chi connectivity index (χ1v) is 11.3. The Bertz CT molecular complexity index is 1110. The number of nitrogens with one attached hydrogen (secondary N) is 3. The molecule has 1 aliphatic heterocycles. The smallest absolute Gasteiger partial charge is 0.333 e. The molecule has 3 N–H and O–H groups in total. The molecule has 0 saturated carbocycles. The maximum atomic E-state index is 12.8. The van der Waals surface area contributed by atoms with E-state index in [0.29, 0.717) is 13.2 Å². The van der Waals surface area contributed by atoms with E-state index in [1.165, 1.54) is 22.0 Å². The van der Waals surface area contributed by atoms with Crippen molar-refractivity contribution in [3.63, 3.8) is 0 Å². The first kappa shape index (κ1) is 18.4. The standard InChI is InChI=1S/C19H23N5O4S/c1-20-13-9-24-18(28-10-13)16(8-21-24)29(26,27)23-19(25)22-17-14-4-2-3-11(14)7-12-5-6-15(12)17/h7-8,13,20H,2-6,9-10H2,1H3,(H2,22,23,25)/t13-/m1/s1. The number of ether oxygens (including phenoxy) is 1. The van der Waals surface area contributed by atoms with Crippen molar-refractivity contribution in [2.24, 2.45) is 0 Å². The number of aromatic nitrogens is 2. The number of sulfonamides is 1. The van der Waals surface area contributed by atoms with Gasteiger partial charge < -0.3 is 15.4 Å². The molecule has 1 atom stereocenters. The average molecular weight is 417 g/mol. The van der Waals surface area contributed by atoms with Gasteiger partial charge in [-0.25, -0.2) is 22.6 Å². The lowest BCUT2D eigenvalue weighted by Crippen LogP contribution is -2.40. The van der Waals surface area contributed by atoms with Crippen molar-refractivity contribution in [1.82, 2.24) is 19.8 Å². The van der Waals surface area contributed by atoms with Gasteiger partial charge in [0.1, 0.15) is 6.61 Å². The predicted octanol–water partition coefficient (Wildman–Crippen LogP) is 0.961. The van der Waals surface area contributed by atoms with Crippen molar-refractivity contribution < 1.29 is 17.9 Å². The average Bonchev–Trinajstić information content (AvgIpc) is 3.30. The van der Waals surface area contributed by atoms with Gasteiger partial charge in [-0.15, -0.1) is 0 Å². The number of aryl methyl sites for hydroxylation is 2. The molecule has 0 fully saturated rings. The zero-order valence-electron chi connectivity index (χ0n) is 16.1. The summed E-state index contributed by atoms with van der Waals surface area (Å²) < 4.78 is 34.8. The Morgan fingerprint density at radius 1 is 1.21 bits per heavy atom. The molecule has 0 unspecified atom stereocenters. The van der Waals surface area contributed by atoms with Gasteiger partial charge in [-0.05, 0) is 61.4 Å². The third kappa shape index (κ3) is 3.06. The van der Waals surface area contributed by atoms with Crippen LogP contribution in [-0.4, -0.2) is 43.9 Å². The zero-order chi connectivity index (χ0) is 20.2. The minimum absolute atomic E-state index is 0.0487. The van der Waals surface area contributed by atoms with E-state index in [9.17, 15) is 13.2 Å². The SMILES string of the molecule is CN[C@H]1COc2c(S(=O)(=O)NC(=O)Nc3c4c(cc5c3CC5)CCC4)cnn2C1. The van der Waals surface area contributed by atoms with Crippen molar-refractivity contribution >= 4 is 21.7 Å². The second-order valence-electron chi connectivity index (χ2n) is 7.73. The third-order valence-corrected chi connectivity index (χ3v) is 7.30. The summed E-state index contributed by atoms with van der Waals surface area (Å²) in [6.07, 6.45) is 6.09. The van der Waals surface area contributed by atoms with E-state index in [1.54, 1.807) is 7.05 Å². The number of fused-ring (bicyclic) bond motifs is 3. The molecule has 9 nitrogen and oxygen atoms in total. The van der Waals surface area contributed by atoms with E-state index in [0.717, 1.165) is 48.9 Å². The summed E-state index contributed by atoms with van der Waals surface area (Å²) in [5.41, 5.74) is 5.57. The molecule has 2 aliphatic carbocycles. The molecule has 29 heavy (non-hydrogen) atoms. The number of carbonyl (C=O) groups is 1. The number of likely N-dealkylation sites (N-methyl/N-ethyl adjacent to an activating group) is 1. The van der Waals surface area contributed by atoms with Gasteiger partial charge in [0.2, 0.25) is 5.88 Å². The zero-order valence-corrected chi connectivity index (χ0v) is 16.9. The second-order valence-corrected chi connectivity index (χ2v) is 9.38. The van der Waals surface area contributed by atoms with Crippen LogP contribution in [0.15, 0.2) is 17.2 Å². The van der Waals surface area contributed by atoms with Gasteiger partial charge in [0, 0.05) is 5.69 Å². The third-order valence-electron chi connectivity index (χ3n) is 5.98. The lowest BCUT2D eigenvalue weighted by atomic mass is 9.83. The van der Waals surface area contributed by atoms with Crippen LogP contribution in [0.1, 0.15) is 28.7 Å². The number of anilines is 1. The van der Waals surface area contributed by atoms with Crippen LogP contribution in [-0.2, 0) is 42.3 Å². The summed E-state index contributed by atoms with van der Waals surface area (Å²) in [6, 6.07) is 1.52. The molecule has 0 spiro atoms. The summed E-state index contributed by atoms with van der Waals surface area (Å²) in [4.78, 5) is 12.5. The topological polar surface area (TPSA) is 114 Å². The lowest BCUT2D eigenvalue weighted by molar-refractivity contribution is 0.184. The van der Waals surface area contributed by atoms with Crippen molar-refractivity contribution in [2.45, 2.75) is 49.6 Å². The van der Waals surface area contributed by atoms with Crippen LogP contribution in [0, 0.1) is 0 Å². The number of amides is 2. The molecule has 2 heterocycles. The Hall–Kier alpha value is -2.59. The molecule has 2 aromatic rings. The summed E-state index contributed by atoms with van der Waals surface area (Å²) in [7, 11) is -2.31. The van der Waals surface area contributed by atoms with Crippen LogP contribution >= 0.6 is 0 Å². The van der Waals surface area contributed by atoms with Crippen LogP contribution in [0.3, 0.4) is 0 Å². The van der Waals surface area contributed by atoms with E-state index in [1.807, 2.05) is 0 Å². The maximum Gasteiger partial charge on any atom is 0.333 e. The van der Waals surface area contributed by atoms with E-state index in [4.69, 9.17) is 4.74 Å². The molecule has 0 radical (unpaired) electrons. The van der Waals surface area contributed by atoms with Gasteiger partial charge in [-0.3, -0.25) is 0 Å². The van der Waals surface area contributed by atoms with Gasteiger partial charge in [-0.2, -0.15) is 5.10 Å². The number of hydrogen-bond acceptors (Lipinski definition) is 6. The summed E-state index contributed by atoms with van der Waals surface area (Å²) in [6.45, 7) is 0.828. The second kappa shape index (κ2) is 6.74. The fourth-order valence-corrected chi connectivity index (χ4v) is 5.33. The maximum absolute atomic E-state index is 12.8. The molecule has 1 aromatic heterocycles. The van der Waals surface area contributed by atoms with E-state index < -0.39 is 16.1 Å². The molecule has 154 valence electrons. The molecular weight excluding hydrogens is 394 g/mol. The van der Waals surface area contributed by atoms with E-state index >= 15 is 0 Å². The first-order chi connectivity index (χ1) is 14.0. The van der Waals surface area contributed by atoms with Crippen LogP contribution < -0.4 is 20.1 Å². The number of rotatable bonds is 4. The number of benzene rings is 1. The lowest BCUT2D eigenvalue weighted by Gasteiger charge is -2.26. The minimum atomic E-state index is -4.11. The highest BCUT2D eigenvalue weighted by atomic mass is 32.2. The van der Waals surface area contributed by atoms with Crippen molar-refractivity contribution in [2.75, 3.05) is 19.0 Å². The Morgan fingerprint density at radius 2 is 2.00 bits per heavy atom. The van der Waals surface area contributed by atoms with Gasteiger partial charge in [-0.1, -0.05) is 6.07 Å². The Labute approximate surface area is 168 Å². The molecule has 10 heteroatoms. The van der Waals surface area contributed by atoms with Crippen molar-refractivity contribution in [3.8, 4) is 5.88 Å². The fraction of sp³-hybridized carbons (Fsp3) is 0.474. The molecule has 2 amide bonds. The van der Waals surface area contributed by atoms with Gasteiger partial charge in [0.05, 0.1) is 18.8 Å².